The highest BCUT2D eigenvalue weighted by atomic mass is 79.9. The first-order chi connectivity index (χ1) is 9.19. The third kappa shape index (κ3) is 2.40. The van der Waals surface area contributed by atoms with Crippen molar-refractivity contribution in [2.24, 2.45) is 0 Å². The zero-order chi connectivity index (χ0) is 13.4. The minimum atomic E-state index is 0.745. The van der Waals surface area contributed by atoms with Crippen molar-refractivity contribution >= 4 is 59.9 Å². The van der Waals surface area contributed by atoms with Crippen LogP contribution in [-0.4, -0.2) is 17.0 Å². The van der Waals surface area contributed by atoms with Crippen molar-refractivity contribution < 1.29 is 0 Å². The van der Waals surface area contributed by atoms with Crippen LogP contribution >= 0.6 is 43.2 Å². The lowest BCUT2D eigenvalue weighted by molar-refractivity contribution is 1.22. The molecule has 3 nitrogen and oxygen atoms in total. The monoisotopic (exact) mass is 397 g/mol. The largest absolute Gasteiger partial charge is 0.373 e. The summed E-state index contributed by atoms with van der Waals surface area (Å²) in [5.74, 6) is 1.57. The number of hydrogen-bond acceptors (Lipinski definition) is 4. The molecule has 3 aromatic rings. The number of fused-ring (bicyclic) bond motifs is 1. The van der Waals surface area contributed by atoms with E-state index in [-0.39, 0.29) is 0 Å². The summed E-state index contributed by atoms with van der Waals surface area (Å²) in [6.45, 7) is 0. The molecule has 0 radical (unpaired) electrons. The summed E-state index contributed by atoms with van der Waals surface area (Å²) in [5.41, 5.74) is 0.908. The molecule has 0 amide bonds. The molecule has 0 unspecified atom stereocenters. The second-order valence-electron chi connectivity index (χ2n) is 3.91. The minimum absolute atomic E-state index is 0.745. The van der Waals surface area contributed by atoms with Crippen LogP contribution in [0.25, 0.3) is 21.6 Å². The maximum absolute atomic E-state index is 4.66. The highest BCUT2D eigenvalue weighted by molar-refractivity contribution is 9.11. The van der Waals surface area contributed by atoms with E-state index >= 15 is 0 Å². The number of anilines is 1. The van der Waals surface area contributed by atoms with Crippen LogP contribution in [0.2, 0.25) is 0 Å². The molecule has 0 aliphatic rings. The van der Waals surface area contributed by atoms with Gasteiger partial charge in [-0.1, -0.05) is 22.0 Å². The van der Waals surface area contributed by atoms with E-state index in [2.05, 4.69) is 47.1 Å². The summed E-state index contributed by atoms with van der Waals surface area (Å²) >= 11 is 8.69. The van der Waals surface area contributed by atoms with E-state index in [0.717, 1.165) is 36.4 Å². The fraction of sp³-hybridized carbons (Fsp3) is 0.0769. The average Bonchev–Trinajstić information content (AvgIpc) is 2.91. The van der Waals surface area contributed by atoms with Gasteiger partial charge in [-0.05, 0) is 39.5 Å². The van der Waals surface area contributed by atoms with Gasteiger partial charge in [-0.15, -0.1) is 11.3 Å². The summed E-state index contributed by atoms with van der Waals surface area (Å²) in [6, 6.07) is 8.04. The summed E-state index contributed by atoms with van der Waals surface area (Å²) < 4.78 is 1.95. The SMILES string of the molecule is CNc1nc(-c2cccs2)nc2c(Br)cc(Br)cc12. The molecule has 6 heteroatoms. The highest BCUT2D eigenvalue weighted by Gasteiger charge is 2.12. The van der Waals surface area contributed by atoms with E-state index < -0.39 is 0 Å². The van der Waals surface area contributed by atoms with E-state index in [1.807, 2.05) is 36.7 Å². The predicted molar refractivity (Wildman–Crippen MR) is 87.8 cm³/mol. The molecule has 0 spiro atoms. The summed E-state index contributed by atoms with van der Waals surface area (Å²) in [6.07, 6.45) is 0. The minimum Gasteiger partial charge on any atom is -0.373 e. The molecule has 3 rings (SSSR count). The Morgan fingerprint density at radius 1 is 1.21 bits per heavy atom. The second-order valence-corrected chi connectivity index (χ2v) is 6.62. The van der Waals surface area contributed by atoms with Crippen molar-refractivity contribution in [2.75, 3.05) is 12.4 Å². The molecule has 19 heavy (non-hydrogen) atoms. The van der Waals surface area contributed by atoms with Crippen molar-refractivity contribution in [3.8, 4) is 10.7 Å². The Kier molecular flexibility index (Phi) is 3.56. The van der Waals surface area contributed by atoms with Crippen LogP contribution in [0, 0.1) is 0 Å². The third-order valence-corrected chi connectivity index (χ3v) is 4.63. The van der Waals surface area contributed by atoms with E-state index in [4.69, 9.17) is 0 Å². The number of hydrogen-bond donors (Lipinski definition) is 1. The molecule has 0 saturated heterocycles. The molecule has 2 heterocycles. The topological polar surface area (TPSA) is 37.8 Å². The first kappa shape index (κ1) is 13.0. The first-order valence-corrected chi connectivity index (χ1v) is 8.04. The van der Waals surface area contributed by atoms with Gasteiger partial charge in [0.25, 0.3) is 0 Å². The van der Waals surface area contributed by atoms with Crippen molar-refractivity contribution in [2.45, 2.75) is 0 Å². The lowest BCUT2D eigenvalue weighted by atomic mass is 10.2. The second kappa shape index (κ2) is 5.19. The Balaban J connectivity index is 2.34. The molecule has 1 N–H and O–H groups in total. The summed E-state index contributed by atoms with van der Waals surface area (Å²) in [7, 11) is 1.87. The summed E-state index contributed by atoms with van der Waals surface area (Å²) in [5, 5.41) is 6.15. The maximum atomic E-state index is 4.66. The van der Waals surface area contributed by atoms with E-state index in [1.54, 1.807) is 11.3 Å². The lowest BCUT2D eigenvalue weighted by Crippen LogP contribution is -1.98. The lowest BCUT2D eigenvalue weighted by Gasteiger charge is -2.09. The van der Waals surface area contributed by atoms with Crippen molar-refractivity contribution in [1.29, 1.82) is 0 Å². The number of halogens is 2. The molecule has 2 aromatic heterocycles. The Labute approximate surface area is 131 Å². The van der Waals surface area contributed by atoms with Crippen molar-refractivity contribution in [1.82, 2.24) is 9.97 Å². The molecular formula is C13H9Br2N3S. The molecular weight excluding hydrogens is 390 g/mol. The molecule has 0 aliphatic heterocycles. The molecule has 0 aliphatic carbocycles. The Hall–Kier alpha value is -0.980. The third-order valence-electron chi connectivity index (χ3n) is 2.70. The first-order valence-electron chi connectivity index (χ1n) is 5.57. The standard InChI is InChI=1S/C13H9Br2N3S/c1-16-12-8-5-7(14)6-9(15)11(8)17-13(18-12)10-3-2-4-19-10/h2-6H,1H3,(H,16,17,18). The fourth-order valence-electron chi connectivity index (χ4n) is 1.86. The Morgan fingerprint density at radius 2 is 2.05 bits per heavy atom. The van der Waals surface area contributed by atoms with Crippen LogP contribution in [0.4, 0.5) is 5.82 Å². The van der Waals surface area contributed by atoms with Crippen LogP contribution in [-0.2, 0) is 0 Å². The van der Waals surface area contributed by atoms with Gasteiger partial charge >= 0.3 is 0 Å². The number of rotatable bonds is 2. The van der Waals surface area contributed by atoms with Gasteiger partial charge in [0.2, 0.25) is 0 Å². The van der Waals surface area contributed by atoms with Crippen LogP contribution in [0.15, 0.2) is 38.6 Å². The van der Waals surface area contributed by atoms with Crippen LogP contribution in [0.1, 0.15) is 0 Å². The van der Waals surface area contributed by atoms with Crippen LogP contribution < -0.4 is 5.32 Å². The zero-order valence-electron chi connectivity index (χ0n) is 9.95. The molecule has 0 bridgehead atoms. The van der Waals surface area contributed by atoms with Gasteiger partial charge in [0.1, 0.15) is 5.82 Å². The average molecular weight is 399 g/mol. The highest BCUT2D eigenvalue weighted by Crippen LogP contribution is 2.33. The molecule has 1 aromatic carbocycles. The van der Waals surface area contributed by atoms with E-state index in [1.165, 1.54) is 0 Å². The molecule has 0 atom stereocenters. The van der Waals surface area contributed by atoms with Gasteiger partial charge in [-0.25, -0.2) is 9.97 Å². The van der Waals surface area contributed by atoms with Gasteiger partial charge in [0.05, 0.1) is 10.4 Å². The van der Waals surface area contributed by atoms with Gasteiger partial charge in [0, 0.05) is 21.4 Å². The van der Waals surface area contributed by atoms with E-state index in [9.17, 15) is 0 Å². The number of thiophene rings is 1. The van der Waals surface area contributed by atoms with E-state index in [0.29, 0.717) is 0 Å². The van der Waals surface area contributed by atoms with Gasteiger partial charge < -0.3 is 5.32 Å². The molecule has 96 valence electrons. The Bertz CT molecular complexity index is 741. The summed E-state index contributed by atoms with van der Waals surface area (Å²) in [4.78, 5) is 10.3. The van der Waals surface area contributed by atoms with Crippen molar-refractivity contribution in [3.05, 3.63) is 38.6 Å². The maximum Gasteiger partial charge on any atom is 0.172 e. The Morgan fingerprint density at radius 3 is 2.74 bits per heavy atom. The smallest absolute Gasteiger partial charge is 0.172 e. The van der Waals surface area contributed by atoms with Crippen LogP contribution in [0.3, 0.4) is 0 Å². The number of nitrogens with one attached hydrogen (secondary N) is 1. The van der Waals surface area contributed by atoms with Gasteiger partial charge in [0.15, 0.2) is 5.82 Å². The molecule has 0 saturated carbocycles. The number of nitrogens with zero attached hydrogens (tertiary/aromatic N) is 2. The van der Waals surface area contributed by atoms with Crippen molar-refractivity contribution in [3.63, 3.8) is 0 Å². The number of aromatic nitrogens is 2. The van der Waals surface area contributed by atoms with Gasteiger partial charge in [-0.3, -0.25) is 0 Å². The van der Waals surface area contributed by atoms with Crippen LogP contribution in [0.5, 0.6) is 0 Å². The predicted octanol–water partition coefficient (Wildman–Crippen LogP) is 4.93. The fourth-order valence-corrected chi connectivity index (χ4v) is 3.84. The van der Waals surface area contributed by atoms with Gasteiger partial charge in [-0.2, -0.15) is 0 Å². The number of benzene rings is 1. The normalized spacial score (nSPS) is 10.9. The zero-order valence-corrected chi connectivity index (χ0v) is 13.9. The quantitative estimate of drug-likeness (QED) is 0.665. The molecule has 0 fully saturated rings.